The number of aromatic nitrogens is 2. The molecule has 1 saturated carbocycles. The van der Waals surface area contributed by atoms with Gasteiger partial charge in [0.25, 0.3) is 0 Å². The molecule has 144 valence electrons. The maximum atomic E-state index is 12.8. The van der Waals surface area contributed by atoms with Crippen LogP contribution < -0.4 is 10.2 Å². The van der Waals surface area contributed by atoms with Crippen LogP contribution in [-0.4, -0.2) is 35.2 Å². The summed E-state index contributed by atoms with van der Waals surface area (Å²) in [6, 6.07) is 8.50. The van der Waals surface area contributed by atoms with Gasteiger partial charge in [-0.1, -0.05) is 25.8 Å². The topological polar surface area (TPSA) is 58.1 Å². The molecule has 3 unspecified atom stereocenters. The zero-order chi connectivity index (χ0) is 18.6. The monoisotopic (exact) mass is 384 g/mol. The van der Waals surface area contributed by atoms with Gasteiger partial charge < -0.3 is 10.2 Å². The molecule has 5 nitrogen and oxygen atoms in total. The fourth-order valence-electron chi connectivity index (χ4n) is 4.28. The molecule has 1 saturated heterocycles. The first kappa shape index (κ1) is 18.4. The van der Waals surface area contributed by atoms with Crippen LogP contribution in [-0.2, 0) is 4.79 Å². The number of carbonyl (C=O) groups excluding carboxylic acids is 1. The summed E-state index contributed by atoms with van der Waals surface area (Å²) in [4.78, 5) is 16.2. The van der Waals surface area contributed by atoms with Crippen molar-refractivity contribution in [3.63, 3.8) is 0 Å². The van der Waals surface area contributed by atoms with Crippen LogP contribution in [0, 0.1) is 11.8 Å². The van der Waals surface area contributed by atoms with Crippen molar-refractivity contribution >= 4 is 23.1 Å². The quantitative estimate of drug-likeness (QED) is 0.862. The van der Waals surface area contributed by atoms with E-state index in [-0.39, 0.29) is 11.8 Å². The van der Waals surface area contributed by atoms with Gasteiger partial charge in [-0.2, -0.15) is 0 Å². The Labute approximate surface area is 165 Å². The molecule has 2 aliphatic rings. The van der Waals surface area contributed by atoms with E-state index in [1.54, 1.807) is 11.3 Å². The lowest BCUT2D eigenvalue weighted by molar-refractivity contribution is -0.126. The Kier molecular flexibility index (Phi) is 5.72. The van der Waals surface area contributed by atoms with E-state index in [0.29, 0.717) is 12.0 Å². The van der Waals surface area contributed by atoms with E-state index in [9.17, 15) is 4.79 Å². The van der Waals surface area contributed by atoms with Crippen LogP contribution in [0.2, 0.25) is 0 Å². The Morgan fingerprint density at radius 1 is 1.15 bits per heavy atom. The van der Waals surface area contributed by atoms with Crippen LogP contribution in [0.25, 0.3) is 10.6 Å². The summed E-state index contributed by atoms with van der Waals surface area (Å²) in [5.74, 6) is 1.74. The smallest absolute Gasteiger partial charge is 0.225 e. The second-order valence-electron chi connectivity index (χ2n) is 7.92. The number of carbonyl (C=O) groups is 1. The van der Waals surface area contributed by atoms with Crippen molar-refractivity contribution in [1.82, 2.24) is 15.5 Å². The first-order valence-corrected chi connectivity index (χ1v) is 11.0. The second-order valence-corrected chi connectivity index (χ2v) is 8.86. The molecule has 0 aromatic carbocycles. The number of thiophene rings is 1. The van der Waals surface area contributed by atoms with Gasteiger partial charge in [-0.15, -0.1) is 21.5 Å². The second kappa shape index (κ2) is 8.38. The zero-order valence-electron chi connectivity index (χ0n) is 15.9. The molecule has 1 aliphatic carbocycles. The van der Waals surface area contributed by atoms with Gasteiger partial charge in [0, 0.05) is 19.1 Å². The van der Waals surface area contributed by atoms with Crippen LogP contribution in [0.1, 0.15) is 45.4 Å². The molecule has 1 aliphatic heterocycles. The molecular weight excluding hydrogens is 356 g/mol. The molecule has 2 fully saturated rings. The lowest BCUT2D eigenvalue weighted by atomic mass is 9.85. The van der Waals surface area contributed by atoms with Gasteiger partial charge in [-0.3, -0.25) is 4.79 Å². The Bertz CT molecular complexity index is 746. The molecule has 1 amide bonds. The third-order valence-corrected chi connectivity index (χ3v) is 6.87. The molecular formula is C21H28N4OS. The predicted octanol–water partition coefficient (Wildman–Crippen LogP) is 4.12. The van der Waals surface area contributed by atoms with Crippen molar-refractivity contribution < 1.29 is 4.79 Å². The Balaban J connectivity index is 1.38. The summed E-state index contributed by atoms with van der Waals surface area (Å²) < 4.78 is 0. The lowest BCUT2D eigenvalue weighted by Crippen LogP contribution is -2.48. The van der Waals surface area contributed by atoms with Gasteiger partial charge in [0.05, 0.1) is 10.8 Å². The van der Waals surface area contributed by atoms with Crippen LogP contribution >= 0.6 is 11.3 Å². The van der Waals surface area contributed by atoms with E-state index >= 15 is 0 Å². The van der Waals surface area contributed by atoms with E-state index in [2.05, 4.69) is 33.4 Å². The third kappa shape index (κ3) is 4.32. The molecule has 3 heterocycles. The van der Waals surface area contributed by atoms with Crippen molar-refractivity contribution in [2.45, 2.75) is 51.5 Å². The average molecular weight is 385 g/mol. The highest BCUT2D eigenvalue weighted by atomic mass is 32.1. The highest BCUT2D eigenvalue weighted by molar-refractivity contribution is 7.13. The van der Waals surface area contributed by atoms with Crippen molar-refractivity contribution in [3.8, 4) is 10.6 Å². The van der Waals surface area contributed by atoms with E-state index in [1.165, 1.54) is 19.3 Å². The lowest BCUT2D eigenvalue weighted by Gasteiger charge is -2.35. The Morgan fingerprint density at radius 3 is 2.78 bits per heavy atom. The molecule has 4 rings (SSSR count). The maximum Gasteiger partial charge on any atom is 0.225 e. The van der Waals surface area contributed by atoms with Gasteiger partial charge in [0.15, 0.2) is 5.82 Å². The molecule has 1 N–H and O–H groups in total. The number of rotatable bonds is 4. The summed E-state index contributed by atoms with van der Waals surface area (Å²) in [7, 11) is 0. The number of amides is 1. The number of hydrogen-bond acceptors (Lipinski definition) is 5. The molecule has 2 aromatic rings. The largest absolute Gasteiger partial charge is 0.354 e. The summed E-state index contributed by atoms with van der Waals surface area (Å²) in [5, 5.41) is 14.2. The number of nitrogens with zero attached hydrogens (tertiary/aromatic N) is 3. The number of nitrogens with one attached hydrogen (secondary N) is 1. The van der Waals surface area contributed by atoms with E-state index in [4.69, 9.17) is 0 Å². The minimum Gasteiger partial charge on any atom is -0.354 e. The zero-order valence-corrected chi connectivity index (χ0v) is 16.8. The fourth-order valence-corrected chi connectivity index (χ4v) is 4.97. The van der Waals surface area contributed by atoms with Gasteiger partial charge in [0.1, 0.15) is 5.69 Å². The predicted molar refractivity (Wildman–Crippen MR) is 110 cm³/mol. The Morgan fingerprint density at radius 2 is 2.04 bits per heavy atom. The molecule has 0 bridgehead atoms. The van der Waals surface area contributed by atoms with Crippen LogP contribution in [0.5, 0.6) is 0 Å². The maximum absolute atomic E-state index is 12.8. The fraction of sp³-hybridized carbons (Fsp3) is 0.571. The average Bonchev–Trinajstić information content (AvgIpc) is 3.25. The SMILES string of the molecule is CC1CCCCC1NC(=O)C1CCCN(c2ccc(-c3cccs3)nn2)C1. The summed E-state index contributed by atoms with van der Waals surface area (Å²) in [6.45, 7) is 3.94. The van der Waals surface area contributed by atoms with Crippen molar-refractivity contribution in [2.75, 3.05) is 18.0 Å². The standard InChI is InChI=1S/C21H28N4OS/c1-15-6-2-3-8-17(15)22-21(26)16-7-4-12-25(14-16)20-11-10-18(23-24-20)19-9-5-13-27-19/h5,9-11,13,15-17H,2-4,6-8,12,14H2,1H3,(H,22,26). The van der Waals surface area contributed by atoms with Gasteiger partial charge in [-0.25, -0.2) is 0 Å². The first-order chi connectivity index (χ1) is 13.2. The van der Waals surface area contributed by atoms with Crippen LogP contribution in [0.15, 0.2) is 29.6 Å². The minimum absolute atomic E-state index is 0.0478. The van der Waals surface area contributed by atoms with Crippen molar-refractivity contribution in [3.05, 3.63) is 29.6 Å². The van der Waals surface area contributed by atoms with Crippen molar-refractivity contribution in [1.29, 1.82) is 0 Å². The van der Waals surface area contributed by atoms with Crippen LogP contribution in [0.4, 0.5) is 5.82 Å². The molecule has 2 aromatic heterocycles. The van der Waals surface area contributed by atoms with Gasteiger partial charge >= 0.3 is 0 Å². The van der Waals surface area contributed by atoms with Crippen LogP contribution in [0.3, 0.4) is 0 Å². The van der Waals surface area contributed by atoms with Gasteiger partial charge in [0.2, 0.25) is 5.91 Å². The number of hydrogen-bond donors (Lipinski definition) is 1. The number of piperidine rings is 1. The van der Waals surface area contributed by atoms with Gasteiger partial charge in [-0.05, 0) is 55.2 Å². The summed E-state index contributed by atoms with van der Waals surface area (Å²) in [6.07, 6.45) is 6.87. The highest BCUT2D eigenvalue weighted by Crippen LogP contribution is 2.27. The van der Waals surface area contributed by atoms with E-state index in [1.807, 2.05) is 23.6 Å². The van der Waals surface area contributed by atoms with Crippen molar-refractivity contribution in [2.24, 2.45) is 11.8 Å². The minimum atomic E-state index is 0.0478. The Hall–Kier alpha value is -1.95. The summed E-state index contributed by atoms with van der Waals surface area (Å²) >= 11 is 1.67. The molecule has 3 atom stereocenters. The molecule has 0 spiro atoms. The number of anilines is 1. The van der Waals surface area contributed by atoms with E-state index < -0.39 is 0 Å². The molecule has 27 heavy (non-hydrogen) atoms. The van der Waals surface area contributed by atoms with E-state index in [0.717, 1.165) is 48.7 Å². The highest BCUT2D eigenvalue weighted by Gasteiger charge is 2.30. The first-order valence-electron chi connectivity index (χ1n) is 10.1. The normalized spacial score (nSPS) is 26.0. The third-order valence-electron chi connectivity index (χ3n) is 5.98. The molecule has 0 radical (unpaired) electrons. The summed E-state index contributed by atoms with van der Waals surface area (Å²) in [5.41, 5.74) is 0.909. The molecule has 6 heteroatoms.